The molecule has 1 unspecified atom stereocenters. The third-order valence-corrected chi connectivity index (χ3v) is 3.86. The minimum atomic E-state index is 0.106. The molecule has 112 valence electrons. The van der Waals surface area contributed by atoms with Gasteiger partial charge in [-0.3, -0.25) is 9.88 Å². The van der Waals surface area contributed by atoms with E-state index in [0.29, 0.717) is 6.61 Å². The summed E-state index contributed by atoms with van der Waals surface area (Å²) >= 11 is 0. The number of aromatic nitrogens is 1. The Kier molecular flexibility index (Phi) is 4.22. The molecule has 21 heavy (non-hydrogen) atoms. The van der Waals surface area contributed by atoms with Crippen molar-refractivity contribution in [3.8, 4) is 5.75 Å². The van der Waals surface area contributed by atoms with Gasteiger partial charge in [-0.1, -0.05) is 6.92 Å². The molecule has 0 aliphatic carbocycles. The number of hydrogen-bond donors (Lipinski definition) is 1. The molecule has 0 amide bonds. The molecule has 3 rings (SSSR count). The summed E-state index contributed by atoms with van der Waals surface area (Å²) in [6.07, 6.45) is 1.86. The van der Waals surface area contributed by atoms with Crippen molar-refractivity contribution in [1.29, 1.82) is 0 Å². The third-order valence-electron chi connectivity index (χ3n) is 3.86. The van der Waals surface area contributed by atoms with Crippen LogP contribution in [0.2, 0.25) is 0 Å². The SMILES string of the molecule is CCN1CCOC(COc2ccc(N)c3cccnc23)C1. The van der Waals surface area contributed by atoms with Crippen LogP contribution in [0.15, 0.2) is 30.5 Å². The molecule has 1 saturated heterocycles. The van der Waals surface area contributed by atoms with Crippen LogP contribution >= 0.6 is 0 Å². The molecule has 1 aromatic carbocycles. The van der Waals surface area contributed by atoms with Gasteiger partial charge >= 0.3 is 0 Å². The number of fused-ring (bicyclic) bond motifs is 1. The first-order chi connectivity index (χ1) is 10.3. The van der Waals surface area contributed by atoms with Gasteiger partial charge < -0.3 is 15.2 Å². The molecule has 2 heterocycles. The van der Waals surface area contributed by atoms with Crippen molar-refractivity contribution < 1.29 is 9.47 Å². The first-order valence-corrected chi connectivity index (χ1v) is 7.38. The van der Waals surface area contributed by atoms with E-state index in [1.54, 1.807) is 6.20 Å². The predicted molar refractivity (Wildman–Crippen MR) is 83.5 cm³/mol. The molecule has 5 nitrogen and oxygen atoms in total. The van der Waals surface area contributed by atoms with E-state index < -0.39 is 0 Å². The molecule has 0 bridgehead atoms. The minimum Gasteiger partial charge on any atom is -0.489 e. The van der Waals surface area contributed by atoms with Gasteiger partial charge in [0.15, 0.2) is 0 Å². The molecule has 1 aliphatic rings. The number of pyridine rings is 1. The summed E-state index contributed by atoms with van der Waals surface area (Å²) in [6.45, 7) is 6.43. The highest BCUT2D eigenvalue weighted by atomic mass is 16.5. The number of rotatable bonds is 4. The smallest absolute Gasteiger partial charge is 0.145 e. The molecule has 1 fully saturated rings. The summed E-state index contributed by atoms with van der Waals surface area (Å²) in [4.78, 5) is 6.75. The molecule has 2 aromatic rings. The second-order valence-corrected chi connectivity index (χ2v) is 5.25. The zero-order valence-corrected chi connectivity index (χ0v) is 12.3. The highest BCUT2D eigenvalue weighted by Gasteiger charge is 2.20. The Morgan fingerprint density at radius 1 is 1.43 bits per heavy atom. The lowest BCUT2D eigenvalue weighted by Gasteiger charge is -2.31. The van der Waals surface area contributed by atoms with Crippen LogP contribution in [0.1, 0.15) is 6.92 Å². The van der Waals surface area contributed by atoms with Crippen molar-refractivity contribution in [3.63, 3.8) is 0 Å². The fourth-order valence-corrected chi connectivity index (χ4v) is 2.64. The Balaban J connectivity index is 1.72. The summed E-state index contributed by atoms with van der Waals surface area (Å²) in [7, 11) is 0. The summed E-state index contributed by atoms with van der Waals surface area (Å²) < 4.78 is 11.7. The molecule has 1 aliphatic heterocycles. The zero-order valence-electron chi connectivity index (χ0n) is 12.3. The largest absolute Gasteiger partial charge is 0.489 e. The standard InChI is InChI=1S/C16H21N3O2/c1-2-19-8-9-20-12(10-19)11-21-15-6-5-14(17)13-4-3-7-18-16(13)15/h3-7,12H,2,8-11,17H2,1H3. The van der Waals surface area contributed by atoms with E-state index in [0.717, 1.165) is 48.6 Å². The molecule has 0 radical (unpaired) electrons. The fourth-order valence-electron chi connectivity index (χ4n) is 2.64. The second-order valence-electron chi connectivity index (χ2n) is 5.25. The van der Waals surface area contributed by atoms with Crippen molar-refractivity contribution in [1.82, 2.24) is 9.88 Å². The Morgan fingerprint density at radius 3 is 3.19 bits per heavy atom. The van der Waals surface area contributed by atoms with Gasteiger partial charge in [-0.25, -0.2) is 0 Å². The van der Waals surface area contributed by atoms with Crippen molar-refractivity contribution in [3.05, 3.63) is 30.5 Å². The van der Waals surface area contributed by atoms with Crippen LogP contribution in [0, 0.1) is 0 Å². The van der Waals surface area contributed by atoms with Crippen LogP contribution in [-0.2, 0) is 4.74 Å². The maximum absolute atomic E-state index is 5.97. The Hall–Kier alpha value is -1.85. The molecule has 0 spiro atoms. The van der Waals surface area contributed by atoms with Gasteiger partial charge in [0.05, 0.1) is 6.61 Å². The lowest BCUT2D eigenvalue weighted by molar-refractivity contribution is -0.0462. The number of likely N-dealkylation sites (N-methyl/N-ethyl adjacent to an activating group) is 1. The molecule has 0 saturated carbocycles. The van der Waals surface area contributed by atoms with Gasteiger partial charge in [0, 0.05) is 30.4 Å². The van der Waals surface area contributed by atoms with E-state index in [9.17, 15) is 0 Å². The van der Waals surface area contributed by atoms with E-state index in [4.69, 9.17) is 15.2 Å². The lowest BCUT2D eigenvalue weighted by Crippen LogP contribution is -2.44. The highest BCUT2D eigenvalue weighted by molar-refractivity contribution is 5.94. The average molecular weight is 287 g/mol. The molecule has 1 aromatic heterocycles. The van der Waals surface area contributed by atoms with Crippen molar-refractivity contribution in [2.24, 2.45) is 0 Å². The van der Waals surface area contributed by atoms with Crippen LogP contribution in [0.4, 0.5) is 5.69 Å². The number of hydrogen-bond acceptors (Lipinski definition) is 5. The van der Waals surface area contributed by atoms with Gasteiger partial charge in [0.1, 0.15) is 24.0 Å². The van der Waals surface area contributed by atoms with Crippen LogP contribution < -0.4 is 10.5 Å². The number of anilines is 1. The van der Waals surface area contributed by atoms with Gasteiger partial charge in [0.25, 0.3) is 0 Å². The minimum absolute atomic E-state index is 0.106. The lowest BCUT2D eigenvalue weighted by atomic mass is 10.1. The maximum Gasteiger partial charge on any atom is 0.145 e. The number of nitrogen functional groups attached to an aromatic ring is 1. The third kappa shape index (κ3) is 3.09. The molecular weight excluding hydrogens is 266 g/mol. The van der Waals surface area contributed by atoms with E-state index in [1.807, 2.05) is 24.3 Å². The first kappa shape index (κ1) is 14.1. The van der Waals surface area contributed by atoms with E-state index in [1.165, 1.54) is 0 Å². The monoisotopic (exact) mass is 287 g/mol. The highest BCUT2D eigenvalue weighted by Crippen LogP contribution is 2.28. The number of nitrogens with zero attached hydrogens (tertiary/aromatic N) is 2. The number of nitrogens with two attached hydrogens (primary N) is 1. The van der Waals surface area contributed by atoms with Crippen molar-refractivity contribution in [2.45, 2.75) is 13.0 Å². The number of morpholine rings is 1. The number of ether oxygens (including phenoxy) is 2. The molecular formula is C16H21N3O2. The topological polar surface area (TPSA) is 60.6 Å². The van der Waals surface area contributed by atoms with E-state index >= 15 is 0 Å². The second kappa shape index (κ2) is 6.28. The van der Waals surface area contributed by atoms with E-state index in [2.05, 4.69) is 16.8 Å². The summed E-state index contributed by atoms with van der Waals surface area (Å²) in [5.41, 5.74) is 7.50. The van der Waals surface area contributed by atoms with Crippen LogP contribution in [0.3, 0.4) is 0 Å². The maximum atomic E-state index is 5.97. The molecule has 2 N–H and O–H groups in total. The quantitative estimate of drug-likeness (QED) is 0.871. The first-order valence-electron chi connectivity index (χ1n) is 7.38. The van der Waals surface area contributed by atoms with Crippen molar-refractivity contribution in [2.75, 3.05) is 38.6 Å². The fraction of sp³-hybridized carbons (Fsp3) is 0.438. The predicted octanol–water partition coefficient (Wildman–Crippen LogP) is 1.92. The van der Waals surface area contributed by atoms with Crippen LogP contribution in [0.5, 0.6) is 5.75 Å². The van der Waals surface area contributed by atoms with Crippen molar-refractivity contribution >= 4 is 16.6 Å². The summed E-state index contributed by atoms with van der Waals surface area (Å²) in [6, 6.07) is 7.58. The summed E-state index contributed by atoms with van der Waals surface area (Å²) in [5, 5.41) is 0.926. The van der Waals surface area contributed by atoms with Gasteiger partial charge in [-0.05, 0) is 30.8 Å². The van der Waals surface area contributed by atoms with E-state index in [-0.39, 0.29) is 6.10 Å². The van der Waals surface area contributed by atoms with Crippen LogP contribution in [-0.4, -0.2) is 48.8 Å². The zero-order chi connectivity index (χ0) is 14.7. The number of benzene rings is 1. The Labute approximate surface area is 124 Å². The molecule has 1 atom stereocenters. The Morgan fingerprint density at radius 2 is 2.33 bits per heavy atom. The normalized spacial score (nSPS) is 19.8. The van der Waals surface area contributed by atoms with Gasteiger partial charge in [-0.15, -0.1) is 0 Å². The van der Waals surface area contributed by atoms with Gasteiger partial charge in [-0.2, -0.15) is 0 Å². The van der Waals surface area contributed by atoms with Crippen LogP contribution in [0.25, 0.3) is 10.9 Å². The Bertz CT molecular complexity index is 617. The molecule has 5 heteroatoms. The summed E-state index contributed by atoms with van der Waals surface area (Å²) in [5.74, 6) is 0.761. The van der Waals surface area contributed by atoms with Gasteiger partial charge in [0.2, 0.25) is 0 Å². The average Bonchev–Trinajstić information content (AvgIpc) is 2.55.